The third kappa shape index (κ3) is 4.06. The number of imidazole rings is 1. The molecule has 0 amide bonds. The molecular formula is C25H23ClFN5O2. The molecule has 174 valence electrons. The number of hydrogen-bond acceptors (Lipinski definition) is 5. The average Bonchev–Trinajstić information content (AvgIpc) is 3.18. The molecule has 0 spiro atoms. The zero-order valence-electron chi connectivity index (χ0n) is 18.5. The molecule has 4 aromatic rings. The Labute approximate surface area is 200 Å². The monoisotopic (exact) mass is 479 g/mol. The number of halogens is 2. The first-order valence-electron chi connectivity index (χ1n) is 10.9. The fourth-order valence-corrected chi connectivity index (χ4v) is 4.48. The highest BCUT2D eigenvalue weighted by Gasteiger charge is 2.18. The number of benzene rings is 2. The van der Waals surface area contributed by atoms with Gasteiger partial charge in [-0.1, -0.05) is 17.7 Å². The van der Waals surface area contributed by atoms with Crippen molar-refractivity contribution in [3.8, 4) is 33.7 Å². The number of anilines is 1. The van der Waals surface area contributed by atoms with E-state index in [2.05, 4.69) is 15.2 Å². The number of pyridine rings is 1. The normalized spacial score (nSPS) is 13.9. The number of hydrogen-bond donors (Lipinski definition) is 2. The number of nitrogens with zero attached hydrogens (tertiary/aromatic N) is 4. The van der Waals surface area contributed by atoms with Crippen molar-refractivity contribution in [2.24, 2.45) is 7.05 Å². The van der Waals surface area contributed by atoms with Gasteiger partial charge in [0.15, 0.2) is 0 Å². The smallest absolute Gasteiger partial charge is 0.332 e. The zero-order valence-corrected chi connectivity index (χ0v) is 19.3. The van der Waals surface area contributed by atoms with Gasteiger partial charge in [0.25, 0.3) is 0 Å². The summed E-state index contributed by atoms with van der Waals surface area (Å²) in [5.74, 6) is 0.243. The second-order valence-electron chi connectivity index (χ2n) is 8.22. The molecular weight excluding hydrogens is 457 g/mol. The molecule has 1 fully saturated rings. The summed E-state index contributed by atoms with van der Waals surface area (Å²) in [6.45, 7) is 3.39. The van der Waals surface area contributed by atoms with Gasteiger partial charge in [0.2, 0.25) is 0 Å². The van der Waals surface area contributed by atoms with Crippen LogP contribution in [-0.2, 0) is 7.05 Å². The number of piperazine rings is 1. The van der Waals surface area contributed by atoms with Gasteiger partial charge in [-0.05, 0) is 47.5 Å². The number of nitrogens with one attached hydrogen (secondary N) is 1. The minimum Gasteiger partial charge on any atom is -0.507 e. The molecule has 2 aromatic heterocycles. The Morgan fingerprint density at radius 1 is 1.03 bits per heavy atom. The quantitative estimate of drug-likeness (QED) is 0.465. The van der Waals surface area contributed by atoms with Crippen molar-refractivity contribution in [2.45, 2.75) is 0 Å². The molecule has 0 radical (unpaired) electrons. The van der Waals surface area contributed by atoms with Crippen molar-refractivity contribution in [1.82, 2.24) is 19.4 Å². The Kier molecular flexibility index (Phi) is 5.85. The first-order valence-corrected chi connectivity index (χ1v) is 11.3. The first kappa shape index (κ1) is 22.2. The molecule has 7 nitrogen and oxygen atoms in total. The van der Waals surface area contributed by atoms with Gasteiger partial charge in [-0.25, -0.2) is 14.2 Å². The topological polar surface area (TPSA) is 75.3 Å². The summed E-state index contributed by atoms with van der Waals surface area (Å²) < 4.78 is 17.6. The number of phenols is 1. The van der Waals surface area contributed by atoms with Crippen LogP contribution in [0.4, 0.5) is 10.2 Å². The van der Waals surface area contributed by atoms with E-state index in [4.69, 9.17) is 11.6 Å². The number of aryl methyl sites for hydroxylation is 1. The lowest BCUT2D eigenvalue weighted by atomic mass is 9.97. The maximum absolute atomic E-state index is 14.7. The van der Waals surface area contributed by atoms with Crippen LogP contribution in [0, 0.1) is 5.82 Å². The fraction of sp³-hybridized carbons (Fsp3) is 0.200. The van der Waals surface area contributed by atoms with E-state index < -0.39 is 5.82 Å². The minimum atomic E-state index is -0.484. The van der Waals surface area contributed by atoms with Crippen LogP contribution in [0.2, 0.25) is 5.02 Å². The summed E-state index contributed by atoms with van der Waals surface area (Å²) in [5, 5.41) is 14.7. The summed E-state index contributed by atoms with van der Waals surface area (Å²) >= 11 is 6.49. The maximum atomic E-state index is 14.7. The molecule has 0 saturated carbocycles. The van der Waals surface area contributed by atoms with Crippen molar-refractivity contribution >= 4 is 17.4 Å². The summed E-state index contributed by atoms with van der Waals surface area (Å²) in [6, 6.07) is 11.2. The molecule has 34 heavy (non-hydrogen) atoms. The van der Waals surface area contributed by atoms with Crippen molar-refractivity contribution in [3.63, 3.8) is 0 Å². The minimum absolute atomic E-state index is 0.0560. The molecule has 1 aliphatic rings. The number of phenolic OH excluding ortho intramolecular Hbond substituents is 1. The second kappa shape index (κ2) is 8.96. The van der Waals surface area contributed by atoms with E-state index >= 15 is 0 Å². The summed E-state index contributed by atoms with van der Waals surface area (Å²) in [6.07, 6.45) is 4.93. The Bertz CT molecular complexity index is 1430. The van der Waals surface area contributed by atoms with Crippen molar-refractivity contribution in [1.29, 1.82) is 0 Å². The Morgan fingerprint density at radius 3 is 2.38 bits per heavy atom. The molecule has 1 aliphatic heterocycles. The molecule has 9 heteroatoms. The van der Waals surface area contributed by atoms with Gasteiger partial charge in [0, 0.05) is 62.9 Å². The van der Waals surface area contributed by atoms with E-state index in [0.29, 0.717) is 33.0 Å². The van der Waals surface area contributed by atoms with E-state index in [1.165, 1.54) is 21.3 Å². The van der Waals surface area contributed by atoms with Crippen molar-refractivity contribution in [2.75, 3.05) is 31.1 Å². The van der Waals surface area contributed by atoms with Gasteiger partial charge in [0.1, 0.15) is 17.4 Å². The molecule has 0 bridgehead atoms. The first-order chi connectivity index (χ1) is 16.4. The largest absolute Gasteiger partial charge is 0.507 e. The van der Waals surface area contributed by atoms with Crippen LogP contribution in [0.1, 0.15) is 0 Å². The predicted molar refractivity (Wildman–Crippen MR) is 131 cm³/mol. The van der Waals surface area contributed by atoms with Crippen LogP contribution in [-0.4, -0.2) is 45.4 Å². The summed E-state index contributed by atoms with van der Waals surface area (Å²) in [4.78, 5) is 18.9. The Hall–Kier alpha value is -3.62. The lowest BCUT2D eigenvalue weighted by Gasteiger charge is -2.28. The standard InChI is InChI=1S/C25H23ClFN5O2/c1-30-10-11-32(25(30)34)22-3-2-16(12-21(22)26)19-14-18(27)15-20(24(19)33)17-4-5-29-23(13-17)31-8-6-28-7-9-31/h2-5,10-15,28,33H,6-9H2,1H3. The highest BCUT2D eigenvalue weighted by atomic mass is 35.5. The van der Waals surface area contributed by atoms with Crippen LogP contribution >= 0.6 is 11.6 Å². The Balaban J connectivity index is 1.55. The van der Waals surface area contributed by atoms with E-state index in [0.717, 1.165) is 32.0 Å². The Morgan fingerprint density at radius 2 is 1.74 bits per heavy atom. The van der Waals surface area contributed by atoms with Gasteiger partial charge in [-0.15, -0.1) is 0 Å². The SMILES string of the molecule is Cn1ccn(-c2ccc(-c3cc(F)cc(-c4ccnc(N5CCNCC5)c4)c3O)cc2Cl)c1=O. The highest BCUT2D eigenvalue weighted by molar-refractivity contribution is 6.32. The number of rotatable bonds is 4. The van der Waals surface area contributed by atoms with Crippen LogP contribution in [0.5, 0.6) is 5.75 Å². The van der Waals surface area contributed by atoms with Gasteiger partial charge in [0.05, 0.1) is 10.7 Å². The van der Waals surface area contributed by atoms with Crippen LogP contribution in [0.25, 0.3) is 27.9 Å². The number of aromatic hydroxyl groups is 1. The average molecular weight is 480 g/mol. The molecule has 1 saturated heterocycles. The van der Waals surface area contributed by atoms with Crippen LogP contribution < -0.4 is 15.9 Å². The second-order valence-corrected chi connectivity index (χ2v) is 8.62. The lowest BCUT2D eigenvalue weighted by Crippen LogP contribution is -2.43. The van der Waals surface area contributed by atoms with Crippen LogP contribution in [0.3, 0.4) is 0 Å². The predicted octanol–water partition coefficient (Wildman–Crippen LogP) is 3.81. The van der Waals surface area contributed by atoms with Crippen molar-refractivity contribution < 1.29 is 9.50 Å². The lowest BCUT2D eigenvalue weighted by molar-refractivity contribution is 0.477. The van der Waals surface area contributed by atoms with Gasteiger partial charge >= 0.3 is 5.69 Å². The highest BCUT2D eigenvalue weighted by Crippen LogP contribution is 2.40. The number of aromatic nitrogens is 3. The third-order valence-electron chi connectivity index (χ3n) is 6.04. The zero-order chi connectivity index (χ0) is 23.8. The molecule has 2 N–H and O–H groups in total. The molecule has 0 atom stereocenters. The molecule has 2 aromatic carbocycles. The molecule has 5 rings (SSSR count). The van der Waals surface area contributed by atoms with E-state index in [-0.39, 0.29) is 11.4 Å². The van der Waals surface area contributed by atoms with E-state index in [1.54, 1.807) is 49.9 Å². The molecule has 3 heterocycles. The van der Waals surface area contributed by atoms with Gasteiger partial charge in [-0.3, -0.25) is 4.57 Å². The van der Waals surface area contributed by atoms with Gasteiger partial charge < -0.3 is 19.9 Å². The molecule has 0 aliphatic carbocycles. The third-order valence-corrected chi connectivity index (χ3v) is 6.34. The van der Waals surface area contributed by atoms with Crippen molar-refractivity contribution in [3.05, 3.63) is 82.4 Å². The van der Waals surface area contributed by atoms with Gasteiger partial charge in [-0.2, -0.15) is 0 Å². The molecule has 0 unspecified atom stereocenters. The fourth-order valence-electron chi connectivity index (χ4n) is 4.21. The van der Waals surface area contributed by atoms with E-state index in [1.807, 2.05) is 6.07 Å². The van der Waals surface area contributed by atoms with E-state index in [9.17, 15) is 14.3 Å². The van der Waals surface area contributed by atoms with Crippen LogP contribution in [0.15, 0.2) is 65.8 Å². The summed E-state index contributed by atoms with van der Waals surface area (Å²) in [7, 11) is 1.65. The summed E-state index contributed by atoms with van der Waals surface area (Å²) in [5.41, 5.74) is 2.15. The maximum Gasteiger partial charge on any atom is 0.332 e.